The molecule has 1 atom stereocenters. The maximum Gasteiger partial charge on any atom is 0.147 e. The minimum atomic E-state index is -0.763. The van der Waals surface area contributed by atoms with Crippen LogP contribution in [0.4, 0.5) is 0 Å². The molecule has 0 amide bonds. The van der Waals surface area contributed by atoms with Gasteiger partial charge in [0.1, 0.15) is 17.1 Å². The van der Waals surface area contributed by atoms with Gasteiger partial charge in [-0.1, -0.05) is 6.07 Å². The third kappa shape index (κ3) is 3.98. The first-order chi connectivity index (χ1) is 10.2. The Bertz CT molecular complexity index is 627. The van der Waals surface area contributed by atoms with Gasteiger partial charge in [-0.05, 0) is 25.5 Å². The van der Waals surface area contributed by atoms with Crippen LogP contribution in [-0.2, 0) is 23.8 Å². The van der Waals surface area contributed by atoms with Crippen molar-refractivity contribution in [1.29, 1.82) is 0 Å². The predicted molar refractivity (Wildman–Crippen MR) is 88.9 cm³/mol. The molecule has 4 nitrogen and oxygen atoms in total. The van der Waals surface area contributed by atoms with Gasteiger partial charge >= 0.3 is 0 Å². The summed E-state index contributed by atoms with van der Waals surface area (Å²) in [6.07, 6.45) is 3.32. The molecule has 6 heteroatoms. The van der Waals surface area contributed by atoms with Gasteiger partial charge < -0.3 is 9.30 Å². The van der Waals surface area contributed by atoms with E-state index < -0.39 is 10.8 Å². The van der Waals surface area contributed by atoms with E-state index >= 15 is 0 Å². The monoisotopic (exact) mass is 328 g/mol. The topological polar surface area (TPSA) is 44.1 Å². The summed E-state index contributed by atoms with van der Waals surface area (Å²) in [5.41, 5.74) is 1.94. The van der Waals surface area contributed by atoms with Crippen molar-refractivity contribution in [2.75, 3.05) is 24.5 Å². The van der Waals surface area contributed by atoms with Crippen molar-refractivity contribution in [2.24, 2.45) is 0 Å². The number of aromatic nitrogens is 2. The van der Waals surface area contributed by atoms with Gasteiger partial charge in [0, 0.05) is 41.7 Å². The van der Waals surface area contributed by atoms with Crippen LogP contribution in [0.25, 0.3) is 11.0 Å². The lowest BCUT2D eigenvalue weighted by atomic mass is 10.3. The summed E-state index contributed by atoms with van der Waals surface area (Å²) < 4.78 is 19.1. The third-order valence-corrected chi connectivity index (χ3v) is 4.30. The molecule has 0 aliphatic rings. The maximum absolute atomic E-state index is 11.2. The molecule has 1 aromatic heterocycles. The average Bonchev–Trinajstić information content (AvgIpc) is 2.79. The molecular weight excluding hydrogens is 308 g/mol. The highest BCUT2D eigenvalue weighted by Gasteiger charge is 2.13. The fourth-order valence-electron chi connectivity index (χ4n) is 2.39. The molecule has 0 radical (unpaired) electrons. The summed E-state index contributed by atoms with van der Waals surface area (Å²) in [6.45, 7) is 3.38. The number of ether oxygens (including phenoxy) is 1. The number of nitrogens with zero attached hydrogens (tertiary/aromatic N) is 2. The number of benzene rings is 1. The Hall–Kier alpha value is -1.07. The third-order valence-electron chi connectivity index (χ3n) is 3.25. The van der Waals surface area contributed by atoms with E-state index in [1.54, 1.807) is 6.26 Å². The lowest BCUT2D eigenvalue weighted by molar-refractivity contribution is 0.343. The van der Waals surface area contributed by atoms with Crippen molar-refractivity contribution >= 4 is 33.4 Å². The number of aryl methyl sites for hydroxylation is 2. The van der Waals surface area contributed by atoms with Crippen LogP contribution in [0.15, 0.2) is 18.2 Å². The lowest BCUT2D eigenvalue weighted by Gasteiger charge is -2.08. The second-order valence-electron chi connectivity index (χ2n) is 4.81. The van der Waals surface area contributed by atoms with Gasteiger partial charge in [-0.2, -0.15) is 0 Å². The molecule has 0 fully saturated rings. The molecule has 2 aromatic rings. The predicted octanol–water partition coefficient (Wildman–Crippen LogP) is 2.98. The summed E-state index contributed by atoms with van der Waals surface area (Å²) in [6, 6.07) is 5.97. The quantitative estimate of drug-likeness (QED) is 0.700. The van der Waals surface area contributed by atoms with Crippen molar-refractivity contribution in [2.45, 2.75) is 26.3 Å². The Balaban J connectivity index is 2.37. The summed E-state index contributed by atoms with van der Waals surface area (Å²) in [4.78, 5) is 4.70. The van der Waals surface area contributed by atoms with Crippen LogP contribution in [0, 0.1) is 0 Å². The van der Waals surface area contributed by atoms with Gasteiger partial charge in [-0.15, -0.1) is 11.6 Å². The van der Waals surface area contributed by atoms with E-state index in [0.717, 1.165) is 42.0 Å². The number of para-hydroxylation sites is 1. The number of hydrogen-bond donors (Lipinski definition) is 0. The van der Waals surface area contributed by atoms with Gasteiger partial charge in [-0.25, -0.2) is 4.98 Å². The van der Waals surface area contributed by atoms with Gasteiger partial charge in [0.25, 0.3) is 0 Å². The van der Waals surface area contributed by atoms with E-state index in [9.17, 15) is 4.21 Å². The SMILES string of the molecule is CCOc1cccc2c1nc(CCCl)n2CCCS(C)=O. The molecule has 0 N–H and O–H groups in total. The Labute approximate surface area is 132 Å². The molecule has 116 valence electrons. The van der Waals surface area contributed by atoms with Gasteiger partial charge in [0.15, 0.2) is 0 Å². The molecule has 2 rings (SSSR count). The van der Waals surface area contributed by atoms with E-state index in [0.29, 0.717) is 18.2 Å². The molecular formula is C15H21ClN2O2S. The highest BCUT2D eigenvalue weighted by Crippen LogP contribution is 2.26. The standard InChI is InChI=1S/C15H21ClN2O2S/c1-3-20-13-7-4-6-12-15(13)17-14(8-9-16)18(12)10-5-11-21(2)19/h4,6-7H,3,5,8-11H2,1-2H3. The van der Waals surface area contributed by atoms with Crippen LogP contribution >= 0.6 is 11.6 Å². The maximum atomic E-state index is 11.2. The zero-order valence-electron chi connectivity index (χ0n) is 12.5. The fourth-order valence-corrected chi connectivity index (χ4v) is 3.10. The van der Waals surface area contributed by atoms with Crippen molar-refractivity contribution in [1.82, 2.24) is 9.55 Å². The first kappa shape index (κ1) is 16.3. The minimum absolute atomic E-state index is 0.535. The smallest absolute Gasteiger partial charge is 0.147 e. The highest BCUT2D eigenvalue weighted by atomic mass is 35.5. The summed E-state index contributed by atoms with van der Waals surface area (Å²) >= 11 is 5.89. The summed E-state index contributed by atoms with van der Waals surface area (Å²) in [5, 5.41) is 0. The highest BCUT2D eigenvalue weighted by molar-refractivity contribution is 7.84. The number of hydrogen-bond acceptors (Lipinski definition) is 3. The zero-order valence-corrected chi connectivity index (χ0v) is 14.0. The van der Waals surface area contributed by atoms with Crippen molar-refractivity contribution in [3.63, 3.8) is 0 Å². The number of halogens is 1. The minimum Gasteiger partial charge on any atom is -0.492 e. The first-order valence-corrected chi connectivity index (χ1v) is 9.40. The van der Waals surface area contributed by atoms with Crippen molar-refractivity contribution in [3.05, 3.63) is 24.0 Å². The molecule has 0 saturated carbocycles. The molecule has 0 saturated heterocycles. The summed E-state index contributed by atoms with van der Waals surface area (Å²) in [7, 11) is -0.763. The molecule has 0 spiro atoms. The molecule has 0 aliphatic carbocycles. The molecule has 21 heavy (non-hydrogen) atoms. The second-order valence-corrected chi connectivity index (χ2v) is 6.74. The second kappa shape index (κ2) is 7.80. The largest absolute Gasteiger partial charge is 0.492 e. The van der Waals surface area contributed by atoms with Gasteiger partial charge in [-0.3, -0.25) is 4.21 Å². The van der Waals surface area contributed by atoms with Crippen molar-refractivity contribution < 1.29 is 8.95 Å². The number of alkyl halides is 1. The van der Waals surface area contributed by atoms with E-state index in [4.69, 9.17) is 21.3 Å². The van der Waals surface area contributed by atoms with Crippen LogP contribution in [-0.4, -0.2) is 38.3 Å². The molecule has 0 bridgehead atoms. The first-order valence-electron chi connectivity index (χ1n) is 7.14. The molecule has 1 unspecified atom stereocenters. The van der Waals surface area contributed by atoms with E-state index in [1.807, 2.05) is 25.1 Å². The molecule has 1 aromatic carbocycles. The summed E-state index contributed by atoms with van der Waals surface area (Å²) in [5.74, 6) is 3.01. The molecule has 0 aliphatic heterocycles. The average molecular weight is 329 g/mol. The van der Waals surface area contributed by atoms with E-state index in [1.165, 1.54) is 0 Å². The van der Waals surface area contributed by atoms with Crippen molar-refractivity contribution in [3.8, 4) is 5.75 Å². The number of fused-ring (bicyclic) bond motifs is 1. The number of rotatable bonds is 8. The lowest BCUT2D eigenvalue weighted by Crippen LogP contribution is -2.07. The van der Waals surface area contributed by atoms with Crippen LogP contribution in [0.2, 0.25) is 0 Å². The van der Waals surface area contributed by atoms with Crippen LogP contribution in [0.5, 0.6) is 5.75 Å². The zero-order chi connectivity index (χ0) is 15.2. The van der Waals surface area contributed by atoms with Crippen LogP contribution in [0.1, 0.15) is 19.2 Å². The van der Waals surface area contributed by atoms with Gasteiger partial charge in [0.2, 0.25) is 0 Å². The molecule has 1 heterocycles. The normalized spacial score (nSPS) is 12.7. The van der Waals surface area contributed by atoms with Crippen LogP contribution in [0.3, 0.4) is 0 Å². The number of imidazole rings is 1. The Morgan fingerprint density at radius 3 is 2.90 bits per heavy atom. The Morgan fingerprint density at radius 2 is 2.24 bits per heavy atom. The van der Waals surface area contributed by atoms with E-state index in [2.05, 4.69) is 4.57 Å². The Morgan fingerprint density at radius 1 is 1.43 bits per heavy atom. The van der Waals surface area contributed by atoms with E-state index in [-0.39, 0.29) is 0 Å². The van der Waals surface area contributed by atoms with Gasteiger partial charge in [0.05, 0.1) is 12.1 Å². The fraction of sp³-hybridized carbons (Fsp3) is 0.533. The van der Waals surface area contributed by atoms with Crippen LogP contribution < -0.4 is 4.74 Å². The Kier molecular flexibility index (Phi) is 6.06.